The molecule has 1 amide bonds. The Hall–Kier alpha value is -1.89. The average molecular weight is 226 g/mol. The number of amides is 1. The van der Waals surface area contributed by atoms with Gasteiger partial charge in [0, 0.05) is 12.7 Å². The first-order chi connectivity index (χ1) is 7.66. The van der Waals surface area contributed by atoms with Gasteiger partial charge in [0.25, 0.3) is 5.91 Å². The highest BCUT2D eigenvalue weighted by Gasteiger charge is 2.21. The normalized spacial score (nSPS) is 19.6. The summed E-state index contributed by atoms with van der Waals surface area (Å²) in [6.07, 6.45) is 0.745. The number of nitrogens with one attached hydrogen (secondary N) is 1. The van der Waals surface area contributed by atoms with Crippen molar-refractivity contribution in [2.75, 3.05) is 13.2 Å². The molecule has 0 aromatic carbocycles. The predicted molar refractivity (Wildman–Crippen MR) is 50.2 cm³/mol. The lowest BCUT2D eigenvalue weighted by Gasteiger charge is -2.07. The summed E-state index contributed by atoms with van der Waals surface area (Å²) in [5.74, 6) is -2.06. The highest BCUT2D eigenvalue weighted by Crippen LogP contribution is 2.07. The zero-order valence-electron chi connectivity index (χ0n) is 8.30. The maximum atomic E-state index is 11.6. The second kappa shape index (κ2) is 4.31. The summed E-state index contributed by atoms with van der Waals surface area (Å²) in [5, 5.41) is 14.6. The number of nitrogens with zero attached hydrogens (tertiary/aromatic N) is 1. The molecule has 1 fully saturated rings. The number of hydrogen-bond donors (Lipinski definition) is 2. The Kier molecular flexibility index (Phi) is 2.86. The van der Waals surface area contributed by atoms with E-state index in [2.05, 4.69) is 15.0 Å². The minimum atomic E-state index is -1.25. The molecule has 2 rings (SSSR count). The summed E-state index contributed by atoms with van der Waals surface area (Å²) >= 11 is 0. The van der Waals surface area contributed by atoms with E-state index in [1.165, 1.54) is 0 Å². The van der Waals surface area contributed by atoms with E-state index < -0.39 is 11.9 Å². The summed E-state index contributed by atoms with van der Waals surface area (Å²) in [6, 6.07) is 1.05. The fourth-order valence-electron chi connectivity index (χ4n) is 1.39. The first kappa shape index (κ1) is 10.6. The van der Waals surface area contributed by atoms with Crippen LogP contribution in [-0.2, 0) is 4.74 Å². The SMILES string of the molecule is O=C(NC1CCOC1)c1cc(C(=O)O)on1. The number of ether oxygens (including phenoxy) is 1. The van der Waals surface area contributed by atoms with Gasteiger partial charge >= 0.3 is 5.97 Å². The third-order valence-corrected chi connectivity index (χ3v) is 2.22. The molecule has 0 spiro atoms. The van der Waals surface area contributed by atoms with Gasteiger partial charge in [0.2, 0.25) is 5.76 Å². The van der Waals surface area contributed by atoms with Gasteiger partial charge in [-0.1, -0.05) is 5.16 Å². The summed E-state index contributed by atoms with van der Waals surface area (Å²) < 4.78 is 9.55. The fraction of sp³-hybridized carbons (Fsp3) is 0.444. The minimum absolute atomic E-state index is 0.0377. The van der Waals surface area contributed by atoms with Crippen LogP contribution in [0.25, 0.3) is 0 Å². The molecule has 0 aliphatic carbocycles. The number of hydrogen-bond acceptors (Lipinski definition) is 5. The number of carbonyl (C=O) groups is 2. The second-order valence-corrected chi connectivity index (χ2v) is 3.42. The Morgan fingerprint density at radius 2 is 2.38 bits per heavy atom. The van der Waals surface area contributed by atoms with Gasteiger partial charge in [0.05, 0.1) is 12.6 Å². The van der Waals surface area contributed by atoms with Crippen molar-refractivity contribution in [3.63, 3.8) is 0 Å². The molecular weight excluding hydrogens is 216 g/mol. The number of carboxylic acids is 1. The Morgan fingerprint density at radius 1 is 1.56 bits per heavy atom. The number of carbonyl (C=O) groups excluding carboxylic acids is 1. The molecule has 1 aliphatic rings. The Morgan fingerprint density at radius 3 is 2.94 bits per heavy atom. The highest BCUT2D eigenvalue weighted by molar-refractivity contribution is 5.94. The lowest BCUT2D eigenvalue weighted by molar-refractivity contribution is 0.0651. The zero-order chi connectivity index (χ0) is 11.5. The number of aromatic nitrogens is 1. The van der Waals surface area contributed by atoms with Crippen LogP contribution in [0.3, 0.4) is 0 Å². The standard InChI is InChI=1S/C9H10N2O5/c12-8(10-5-1-2-15-4-5)6-3-7(9(13)14)16-11-6/h3,5H,1-2,4H2,(H,10,12)(H,13,14). The van der Waals surface area contributed by atoms with E-state index in [9.17, 15) is 9.59 Å². The first-order valence-corrected chi connectivity index (χ1v) is 4.75. The van der Waals surface area contributed by atoms with Crippen molar-refractivity contribution in [1.82, 2.24) is 10.5 Å². The summed E-state index contributed by atoms with van der Waals surface area (Å²) in [7, 11) is 0. The molecule has 0 saturated carbocycles. The van der Waals surface area contributed by atoms with Crippen LogP contribution in [0.15, 0.2) is 10.6 Å². The van der Waals surface area contributed by atoms with Gasteiger partial charge in [-0.25, -0.2) is 4.79 Å². The van der Waals surface area contributed by atoms with Gasteiger partial charge < -0.3 is 19.7 Å². The van der Waals surface area contributed by atoms with E-state index >= 15 is 0 Å². The van der Waals surface area contributed by atoms with Crippen LogP contribution >= 0.6 is 0 Å². The molecule has 2 N–H and O–H groups in total. The van der Waals surface area contributed by atoms with E-state index in [-0.39, 0.29) is 17.5 Å². The highest BCUT2D eigenvalue weighted by atomic mass is 16.5. The molecule has 16 heavy (non-hydrogen) atoms. The molecule has 7 heteroatoms. The van der Waals surface area contributed by atoms with Gasteiger partial charge in [0.15, 0.2) is 5.69 Å². The Bertz CT molecular complexity index is 408. The largest absolute Gasteiger partial charge is 0.475 e. The molecule has 0 radical (unpaired) electrons. The van der Waals surface area contributed by atoms with Crippen molar-refractivity contribution in [1.29, 1.82) is 0 Å². The van der Waals surface area contributed by atoms with Gasteiger partial charge in [-0.05, 0) is 6.42 Å². The maximum absolute atomic E-state index is 11.6. The van der Waals surface area contributed by atoms with Gasteiger partial charge in [-0.2, -0.15) is 0 Å². The van der Waals surface area contributed by atoms with Crippen molar-refractivity contribution in [3.8, 4) is 0 Å². The average Bonchev–Trinajstić information content (AvgIpc) is 2.86. The van der Waals surface area contributed by atoms with Crippen LogP contribution < -0.4 is 5.32 Å². The van der Waals surface area contributed by atoms with Crippen LogP contribution in [0, 0.1) is 0 Å². The quantitative estimate of drug-likeness (QED) is 0.745. The molecule has 1 aliphatic heterocycles. The van der Waals surface area contributed by atoms with Crippen molar-refractivity contribution in [2.24, 2.45) is 0 Å². The zero-order valence-corrected chi connectivity index (χ0v) is 8.30. The van der Waals surface area contributed by atoms with Gasteiger partial charge in [0.1, 0.15) is 0 Å². The van der Waals surface area contributed by atoms with E-state index in [0.717, 1.165) is 12.5 Å². The van der Waals surface area contributed by atoms with E-state index in [0.29, 0.717) is 13.2 Å². The first-order valence-electron chi connectivity index (χ1n) is 4.75. The molecule has 1 aromatic heterocycles. The van der Waals surface area contributed by atoms with Crippen LogP contribution in [0.4, 0.5) is 0 Å². The summed E-state index contributed by atoms with van der Waals surface area (Å²) in [6.45, 7) is 1.08. The molecule has 86 valence electrons. The van der Waals surface area contributed by atoms with Crippen LogP contribution in [0.2, 0.25) is 0 Å². The lowest BCUT2D eigenvalue weighted by atomic mass is 10.2. The molecule has 1 unspecified atom stereocenters. The van der Waals surface area contributed by atoms with Crippen molar-refractivity contribution in [3.05, 3.63) is 17.5 Å². The van der Waals surface area contributed by atoms with Crippen LogP contribution in [-0.4, -0.2) is 41.4 Å². The molecule has 1 aromatic rings. The second-order valence-electron chi connectivity index (χ2n) is 3.42. The van der Waals surface area contributed by atoms with Crippen molar-refractivity contribution in [2.45, 2.75) is 12.5 Å². The molecule has 2 heterocycles. The monoisotopic (exact) mass is 226 g/mol. The van der Waals surface area contributed by atoms with Crippen molar-refractivity contribution < 1.29 is 24.0 Å². The van der Waals surface area contributed by atoms with Gasteiger partial charge in [-0.15, -0.1) is 0 Å². The van der Waals surface area contributed by atoms with Gasteiger partial charge in [-0.3, -0.25) is 4.79 Å². The molecule has 7 nitrogen and oxygen atoms in total. The van der Waals surface area contributed by atoms with E-state index in [4.69, 9.17) is 9.84 Å². The van der Waals surface area contributed by atoms with Crippen LogP contribution in [0.1, 0.15) is 27.5 Å². The summed E-state index contributed by atoms with van der Waals surface area (Å²) in [4.78, 5) is 22.1. The molecule has 1 atom stereocenters. The topological polar surface area (TPSA) is 102 Å². The predicted octanol–water partition coefficient (Wildman–Crippen LogP) is -0.109. The molecule has 1 saturated heterocycles. The fourth-order valence-corrected chi connectivity index (χ4v) is 1.39. The Balaban J connectivity index is 1.99. The maximum Gasteiger partial charge on any atom is 0.374 e. The molecule has 0 bridgehead atoms. The smallest absolute Gasteiger partial charge is 0.374 e. The third kappa shape index (κ3) is 2.19. The lowest BCUT2D eigenvalue weighted by Crippen LogP contribution is -2.35. The Labute approximate surface area is 90.4 Å². The third-order valence-electron chi connectivity index (χ3n) is 2.22. The van der Waals surface area contributed by atoms with E-state index in [1.54, 1.807) is 0 Å². The number of carboxylic acid groups (broad SMARTS) is 1. The van der Waals surface area contributed by atoms with E-state index in [1.807, 2.05) is 0 Å². The van der Waals surface area contributed by atoms with Crippen LogP contribution in [0.5, 0.6) is 0 Å². The minimum Gasteiger partial charge on any atom is -0.475 e. The summed E-state index contributed by atoms with van der Waals surface area (Å²) in [5.41, 5.74) is -0.0377. The number of aromatic carboxylic acids is 1. The number of rotatable bonds is 3. The van der Waals surface area contributed by atoms with Crippen molar-refractivity contribution >= 4 is 11.9 Å². The molecular formula is C9H10N2O5.